The standard InChI is InChI=1S/C18H21N3O4S/c1-15-6-8-17(9-7-15)26(24,25)20-12-10-19(11-13-20)14-16-4-2-3-5-18(16)21(22)23/h2-9H,10-14H2,1H3/p+1. The van der Waals surface area contributed by atoms with Crippen LogP contribution in [0.2, 0.25) is 0 Å². The highest BCUT2D eigenvalue weighted by atomic mass is 32.2. The Morgan fingerprint density at radius 3 is 2.31 bits per heavy atom. The number of nitrogens with one attached hydrogen (secondary N) is 1. The zero-order chi connectivity index (χ0) is 18.7. The van der Waals surface area contributed by atoms with E-state index in [0.717, 1.165) is 10.5 Å². The van der Waals surface area contributed by atoms with Crippen LogP contribution in [0.3, 0.4) is 0 Å². The third-order valence-electron chi connectivity index (χ3n) is 4.72. The fourth-order valence-electron chi connectivity index (χ4n) is 3.19. The van der Waals surface area contributed by atoms with Gasteiger partial charge in [-0.05, 0) is 25.1 Å². The van der Waals surface area contributed by atoms with E-state index >= 15 is 0 Å². The number of benzene rings is 2. The smallest absolute Gasteiger partial charge is 0.278 e. The Morgan fingerprint density at radius 2 is 1.69 bits per heavy atom. The van der Waals surface area contributed by atoms with Crippen molar-refractivity contribution in [2.45, 2.75) is 18.4 Å². The van der Waals surface area contributed by atoms with Crippen LogP contribution in [0.25, 0.3) is 0 Å². The molecule has 8 heteroatoms. The molecule has 7 nitrogen and oxygen atoms in total. The number of hydrogen-bond donors (Lipinski definition) is 1. The Kier molecular flexibility index (Phi) is 5.36. The van der Waals surface area contributed by atoms with Gasteiger partial charge in [0, 0.05) is 6.07 Å². The van der Waals surface area contributed by atoms with E-state index in [4.69, 9.17) is 0 Å². The first-order chi connectivity index (χ1) is 12.4. The van der Waals surface area contributed by atoms with Crippen molar-refractivity contribution in [3.63, 3.8) is 0 Å². The summed E-state index contributed by atoms with van der Waals surface area (Å²) in [5.74, 6) is 0. The van der Waals surface area contributed by atoms with Crippen LogP contribution in [-0.4, -0.2) is 43.8 Å². The van der Waals surface area contributed by atoms with Crippen molar-refractivity contribution in [3.8, 4) is 0 Å². The van der Waals surface area contributed by atoms with E-state index in [1.807, 2.05) is 6.92 Å². The third-order valence-corrected chi connectivity index (χ3v) is 6.63. The molecule has 0 aliphatic carbocycles. The number of nitrogens with zero attached hydrogens (tertiary/aromatic N) is 2. The number of hydrogen-bond acceptors (Lipinski definition) is 4. The number of nitro groups is 1. The summed E-state index contributed by atoms with van der Waals surface area (Å²) in [5, 5.41) is 11.1. The van der Waals surface area contributed by atoms with Gasteiger partial charge in [0.05, 0.1) is 41.6 Å². The van der Waals surface area contributed by atoms with Crippen LogP contribution in [0.1, 0.15) is 11.1 Å². The minimum Gasteiger partial charge on any atom is -0.329 e. The summed E-state index contributed by atoms with van der Waals surface area (Å²) in [6.07, 6.45) is 0. The molecule has 1 saturated heterocycles. The molecule has 0 saturated carbocycles. The zero-order valence-corrected chi connectivity index (χ0v) is 15.4. The monoisotopic (exact) mass is 376 g/mol. The molecule has 1 fully saturated rings. The molecule has 138 valence electrons. The van der Waals surface area contributed by atoms with Crippen molar-refractivity contribution in [2.24, 2.45) is 0 Å². The molecule has 26 heavy (non-hydrogen) atoms. The lowest BCUT2D eigenvalue weighted by Crippen LogP contribution is -3.13. The van der Waals surface area contributed by atoms with E-state index in [0.29, 0.717) is 43.2 Å². The first-order valence-corrected chi connectivity index (χ1v) is 9.94. The van der Waals surface area contributed by atoms with Crippen LogP contribution >= 0.6 is 0 Å². The SMILES string of the molecule is Cc1ccc(S(=O)(=O)N2CC[NH+](Cc3ccccc3[N+](=O)[O-])CC2)cc1. The minimum atomic E-state index is -3.48. The van der Waals surface area contributed by atoms with Crippen LogP contribution in [0.4, 0.5) is 5.69 Å². The van der Waals surface area contributed by atoms with Gasteiger partial charge in [0.25, 0.3) is 5.69 Å². The summed E-state index contributed by atoms with van der Waals surface area (Å²) in [6.45, 7) is 4.50. The summed E-state index contributed by atoms with van der Waals surface area (Å²) >= 11 is 0. The number of nitro benzene ring substituents is 1. The fraction of sp³-hybridized carbons (Fsp3) is 0.333. The molecule has 0 atom stereocenters. The number of piperazine rings is 1. The van der Waals surface area contributed by atoms with Crippen molar-refractivity contribution in [2.75, 3.05) is 26.2 Å². The second kappa shape index (κ2) is 7.53. The molecule has 3 rings (SSSR count). The van der Waals surface area contributed by atoms with Gasteiger partial charge in [-0.3, -0.25) is 10.1 Å². The van der Waals surface area contributed by atoms with E-state index in [9.17, 15) is 18.5 Å². The maximum Gasteiger partial charge on any atom is 0.278 e. The summed E-state index contributed by atoms with van der Waals surface area (Å²) in [4.78, 5) is 12.2. The largest absolute Gasteiger partial charge is 0.329 e. The van der Waals surface area contributed by atoms with Crippen LogP contribution in [0.5, 0.6) is 0 Å². The molecule has 0 unspecified atom stereocenters. The van der Waals surface area contributed by atoms with Gasteiger partial charge in [-0.2, -0.15) is 4.31 Å². The molecule has 1 aliphatic heterocycles. The lowest BCUT2D eigenvalue weighted by atomic mass is 10.1. The normalized spacial score (nSPS) is 16.5. The summed E-state index contributed by atoms with van der Waals surface area (Å²) < 4.78 is 27.0. The van der Waals surface area contributed by atoms with E-state index in [-0.39, 0.29) is 10.6 Å². The molecule has 0 amide bonds. The molecule has 1 N–H and O–H groups in total. The number of para-hydroxylation sites is 1. The zero-order valence-electron chi connectivity index (χ0n) is 14.6. The summed E-state index contributed by atoms with van der Waals surface area (Å²) in [6, 6.07) is 13.6. The predicted octanol–water partition coefficient (Wildman–Crippen LogP) is 0.993. The quantitative estimate of drug-likeness (QED) is 0.623. The average molecular weight is 376 g/mol. The topological polar surface area (TPSA) is 85.0 Å². The number of aryl methyl sites for hydroxylation is 1. The van der Waals surface area contributed by atoms with Crippen LogP contribution in [0, 0.1) is 17.0 Å². The lowest BCUT2D eigenvalue weighted by Gasteiger charge is -2.31. The van der Waals surface area contributed by atoms with Gasteiger partial charge < -0.3 is 4.90 Å². The third kappa shape index (κ3) is 3.92. The molecule has 2 aromatic rings. The highest BCUT2D eigenvalue weighted by Gasteiger charge is 2.31. The Morgan fingerprint density at radius 1 is 1.08 bits per heavy atom. The van der Waals surface area contributed by atoms with Gasteiger partial charge >= 0.3 is 0 Å². The molecule has 1 aliphatic rings. The summed E-state index contributed by atoms with van der Waals surface area (Å²) in [7, 11) is -3.48. The number of rotatable bonds is 5. The first kappa shape index (κ1) is 18.5. The predicted molar refractivity (Wildman–Crippen MR) is 97.4 cm³/mol. The maximum atomic E-state index is 12.7. The Balaban J connectivity index is 1.66. The van der Waals surface area contributed by atoms with Crippen LogP contribution in [0.15, 0.2) is 53.4 Å². The van der Waals surface area contributed by atoms with Gasteiger partial charge in [-0.15, -0.1) is 0 Å². The van der Waals surface area contributed by atoms with Gasteiger partial charge in [-0.25, -0.2) is 8.42 Å². The van der Waals surface area contributed by atoms with E-state index in [1.54, 1.807) is 42.5 Å². The molecule has 1 heterocycles. The molecule has 0 aromatic heterocycles. The van der Waals surface area contributed by atoms with Gasteiger partial charge in [0.2, 0.25) is 10.0 Å². The van der Waals surface area contributed by atoms with Gasteiger partial charge in [-0.1, -0.05) is 29.8 Å². The van der Waals surface area contributed by atoms with E-state index in [1.165, 1.54) is 10.4 Å². The Bertz CT molecular complexity index is 889. The van der Waals surface area contributed by atoms with Crippen LogP contribution in [-0.2, 0) is 16.6 Å². The first-order valence-electron chi connectivity index (χ1n) is 8.50. The maximum absolute atomic E-state index is 12.7. The number of sulfonamides is 1. The highest BCUT2D eigenvalue weighted by molar-refractivity contribution is 7.89. The van der Waals surface area contributed by atoms with Crippen molar-refractivity contribution >= 4 is 15.7 Å². The average Bonchev–Trinajstić information content (AvgIpc) is 2.63. The van der Waals surface area contributed by atoms with E-state index in [2.05, 4.69) is 0 Å². The molecule has 0 radical (unpaired) electrons. The minimum absolute atomic E-state index is 0.120. The van der Waals surface area contributed by atoms with Gasteiger partial charge in [0.15, 0.2) is 0 Å². The lowest BCUT2D eigenvalue weighted by molar-refractivity contribution is -0.917. The van der Waals surface area contributed by atoms with E-state index < -0.39 is 10.0 Å². The summed E-state index contributed by atoms with van der Waals surface area (Å²) in [5.41, 5.74) is 1.82. The molecule has 0 spiro atoms. The van der Waals surface area contributed by atoms with Crippen molar-refractivity contribution in [1.29, 1.82) is 0 Å². The fourth-order valence-corrected chi connectivity index (χ4v) is 4.63. The molecular formula is C18H22N3O4S+. The Labute approximate surface area is 153 Å². The number of quaternary nitrogens is 1. The van der Waals surface area contributed by atoms with Crippen LogP contribution < -0.4 is 4.90 Å². The second-order valence-corrected chi connectivity index (χ2v) is 8.47. The Hall–Kier alpha value is -2.29. The second-order valence-electron chi connectivity index (χ2n) is 6.53. The molecular weight excluding hydrogens is 354 g/mol. The molecule has 2 aromatic carbocycles. The van der Waals surface area contributed by atoms with Gasteiger partial charge in [0.1, 0.15) is 6.54 Å². The molecule has 0 bridgehead atoms. The highest BCUT2D eigenvalue weighted by Crippen LogP contribution is 2.18. The van der Waals surface area contributed by atoms with Crippen molar-refractivity contribution < 1.29 is 18.2 Å². The van der Waals surface area contributed by atoms with Crippen molar-refractivity contribution in [3.05, 3.63) is 69.8 Å². The van der Waals surface area contributed by atoms with Crippen molar-refractivity contribution in [1.82, 2.24) is 4.31 Å².